The molecular weight excluding hydrogens is 230 g/mol. The van der Waals surface area contributed by atoms with Gasteiger partial charge in [0.2, 0.25) is 0 Å². The van der Waals surface area contributed by atoms with E-state index in [0.29, 0.717) is 5.92 Å². The number of carbonyl (C=O) groups is 1. The third-order valence-electron chi connectivity index (χ3n) is 3.77. The lowest BCUT2D eigenvalue weighted by Crippen LogP contribution is -2.54. The topological polar surface area (TPSA) is 58.4 Å². The summed E-state index contributed by atoms with van der Waals surface area (Å²) in [5.74, 6) is -0.230. The molecule has 1 atom stereocenters. The number of rotatable bonds is 3. The predicted molar refractivity (Wildman–Crippen MR) is 68.1 cm³/mol. The number of likely N-dealkylation sites (tertiary alicyclic amines) is 1. The highest BCUT2D eigenvalue weighted by Crippen LogP contribution is 2.38. The zero-order valence-corrected chi connectivity index (χ0v) is 11.4. The predicted octanol–water partition coefficient (Wildman–Crippen LogP) is 1.52. The van der Waals surface area contributed by atoms with Gasteiger partial charge in [-0.05, 0) is 11.3 Å². The molecule has 0 amide bonds. The molecule has 2 heterocycles. The van der Waals surface area contributed by atoms with Gasteiger partial charge in [0.05, 0.1) is 6.20 Å². The fourth-order valence-electron chi connectivity index (χ4n) is 2.36. The van der Waals surface area contributed by atoms with Crippen LogP contribution >= 0.6 is 0 Å². The highest BCUT2D eigenvalue weighted by Gasteiger charge is 2.42. The van der Waals surface area contributed by atoms with E-state index in [4.69, 9.17) is 0 Å². The third-order valence-corrected chi connectivity index (χ3v) is 3.77. The maximum absolute atomic E-state index is 11.4. The van der Waals surface area contributed by atoms with Crippen molar-refractivity contribution >= 4 is 5.97 Å². The number of carboxylic acid groups (broad SMARTS) is 1. The Morgan fingerprint density at radius 2 is 2.11 bits per heavy atom. The van der Waals surface area contributed by atoms with Crippen LogP contribution in [0.15, 0.2) is 12.4 Å². The summed E-state index contributed by atoms with van der Waals surface area (Å²) >= 11 is 0. The number of hydrogen-bond donors (Lipinski definition) is 1. The van der Waals surface area contributed by atoms with Crippen molar-refractivity contribution in [3.63, 3.8) is 0 Å². The first-order chi connectivity index (χ1) is 8.29. The van der Waals surface area contributed by atoms with Gasteiger partial charge in [0.15, 0.2) is 0 Å². The smallest absolute Gasteiger partial charge is 0.325 e. The summed E-state index contributed by atoms with van der Waals surface area (Å²) in [6.45, 7) is 8.29. The van der Waals surface area contributed by atoms with Gasteiger partial charge in [-0.2, -0.15) is 5.10 Å². The first-order valence-corrected chi connectivity index (χ1v) is 6.24. The standard InChI is InChI=1S/C13H21N3O2/c1-13(2,3)10-7-16(8-10)11(12(17)18)9-5-14-15(4)6-9/h5-6,10-11H,7-8H2,1-4H3,(H,17,18). The molecule has 0 aromatic carbocycles. The van der Waals surface area contributed by atoms with E-state index >= 15 is 0 Å². The highest BCUT2D eigenvalue weighted by molar-refractivity contribution is 5.75. The third kappa shape index (κ3) is 2.41. The maximum Gasteiger partial charge on any atom is 0.325 e. The second-order valence-electron chi connectivity index (χ2n) is 6.20. The second kappa shape index (κ2) is 4.39. The number of aryl methyl sites for hydroxylation is 1. The average Bonchev–Trinajstić information content (AvgIpc) is 2.54. The van der Waals surface area contributed by atoms with Crippen LogP contribution in [0.1, 0.15) is 32.4 Å². The van der Waals surface area contributed by atoms with Crippen molar-refractivity contribution in [2.45, 2.75) is 26.8 Å². The van der Waals surface area contributed by atoms with E-state index in [1.54, 1.807) is 24.1 Å². The van der Waals surface area contributed by atoms with Crippen LogP contribution in [0.2, 0.25) is 0 Å². The quantitative estimate of drug-likeness (QED) is 0.885. The fourth-order valence-corrected chi connectivity index (χ4v) is 2.36. The summed E-state index contributed by atoms with van der Waals surface area (Å²) in [6, 6.07) is -0.558. The first kappa shape index (κ1) is 13.1. The highest BCUT2D eigenvalue weighted by atomic mass is 16.4. The van der Waals surface area contributed by atoms with E-state index in [-0.39, 0.29) is 5.41 Å². The summed E-state index contributed by atoms with van der Waals surface area (Å²) in [5, 5.41) is 13.4. The molecule has 0 aliphatic carbocycles. The maximum atomic E-state index is 11.4. The summed E-state index contributed by atoms with van der Waals surface area (Å²) in [5.41, 5.74) is 1.01. The van der Waals surface area contributed by atoms with Crippen LogP contribution in [0.4, 0.5) is 0 Å². The van der Waals surface area contributed by atoms with Crippen molar-refractivity contribution in [2.24, 2.45) is 18.4 Å². The van der Waals surface area contributed by atoms with Crippen LogP contribution in [-0.2, 0) is 11.8 Å². The van der Waals surface area contributed by atoms with Gasteiger partial charge in [-0.25, -0.2) is 0 Å². The molecule has 0 bridgehead atoms. The van der Waals surface area contributed by atoms with E-state index in [1.165, 1.54) is 0 Å². The Balaban J connectivity index is 2.08. The summed E-state index contributed by atoms with van der Waals surface area (Å²) in [6.07, 6.45) is 3.42. The zero-order chi connectivity index (χ0) is 13.5. The number of aromatic nitrogens is 2. The van der Waals surface area contributed by atoms with Crippen molar-refractivity contribution in [3.8, 4) is 0 Å². The number of hydrogen-bond acceptors (Lipinski definition) is 3. The molecule has 0 radical (unpaired) electrons. The molecule has 1 aromatic heterocycles. The van der Waals surface area contributed by atoms with E-state index in [1.807, 2.05) is 4.90 Å². The van der Waals surface area contributed by atoms with Crippen molar-refractivity contribution in [1.82, 2.24) is 14.7 Å². The molecule has 0 saturated carbocycles. The van der Waals surface area contributed by atoms with E-state index < -0.39 is 12.0 Å². The van der Waals surface area contributed by atoms with Crippen LogP contribution in [0.3, 0.4) is 0 Å². The monoisotopic (exact) mass is 251 g/mol. The lowest BCUT2D eigenvalue weighted by molar-refractivity contribution is -0.148. The molecule has 2 rings (SSSR count). The molecule has 18 heavy (non-hydrogen) atoms. The Kier molecular flexibility index (Phi) is 3.19. The van der Waals surface area contributed by atoms with Gasteiger partial charge in [-0.3, -0.25) is 14.4 Å². The Labute approximate surface area is 107 Å². The fraction of sp³-hybridized carbons (Fsp3) is 0.692. The molecular formula is C13H21N3O2. The Morgan fingerprint density at radius 1 is 1.50 bits per heavy atom. The lowest BCUT2D eigenvalue weighted by atomic mass is 9.75. The average molecular weight is 251 g/mol. The molecule has 1 aliphatic heterocycles. The van der Waals surface area contributed by atoms with Gasteiger partial charge >= 0.3 is 5.97 Å². The second-order valence-corrected chi connectivity index (χ2v) is 6.20. The molecule has 100 valence electrons. The molecule has 0 spiro atoms. The zero-order valence-electron chi connectivity index (χ0n) is 11.4. The molecule has 1 aromatic rings. The van der Waals surface area contributed by atoms with Crippen LogP contribution in [0, 0.1) is 11.3 Å². The number of carboxylic acids is 1. The van der Waals surface area contributed by atoms with Gasteiger partial charge in [-0.15, -0.1) is 0 Å². The largest absolute Gasteiger partial charge is 0.480 e. The summed E-state index contributed by atoms with van der Waals surface area (Å²) in [4.78, 5) is 13.4. The minimum absolute atomic E-state index is 0.245. The molecule has 1 fully saturated rings. The minimum Gasteiger partial charge on any atom is -0.480 e. The van der Waals surface area contributed by atoms with Crippen molar-refractivity contribution in [3.05, 3.63) is 18.0 Å². The van der Waals surface area contributed by atoms with Gasteiger partial charge in [0.1, 0.15) is 6.04 Å². The van der Waals surface area contributed by atoms with Crippen LogP contribution in [-0.4, -0.2) is 38.8 Å². The van der Waals surface area contributed by atoms with E-state index in [0.717, 1.165) is 18.7 Å². The Morgan fingerprint density at radius 3 is 2.50 bits per heavy atom. The van der Waals surface area contributed by atoms with Gasteiger partial charge in [0.25, 0.3) is 0 Å². The van der Waals surface area contributed by atoms with Crippen LogP contribution in [0.5, 0.6) is 0 Å². The molecule has 1 N–H and O–H groups in total. The normalized spacial score (nSPS) is 19.6. The Hall–Kier alpha value is -1.36. The van der Waals surface area contributed by atoms with Crippen LogP contribution in [0.25, 0.3) is 0 Å². The SMILES string of the molecule is Cn1cc(C(C(=O)O)N2CC(C(C)(C)C)C2)cn1. The van der Waals surface area contributed by atoms with Gasteiger partial charge in [0, 0.05) is 31.9 Å². The minimum atomic E-state index is -0.796. The van der Waals surface area contributed by atoms with Crippen LogP contribution < -0.4 is 0 Å². The Bertz CT molecular complexity index is 441. The molecule has 5 heteroatoms. The van der Waals surface area contributed by atoms with E-state index in [2.05, 4.69) is 25.9 Å². The molecule has 5 nitrogen and oxygen atoms in total. The molecule has 1 aliphatic rings. The number of aliphatic carboxylic acids is 1. The number of nitrogens with zero attached hydrogens (tertiary/aromatic N) is 3. The van der Waals surface area contributed by atoms with Crippen molar-refractivity contribution in [2.75, 3.05) is 13.1 Å². The molecule has 1 unspecified atom stereocenters. The van der Waals surface area contributed by atoms with Gasteiger partial charge < -0.3 is 5.11 Å². The lowest BCUT2D eigenvalue weighted by Gasteiger charge is -2.48. The van der Waals surface area contributed by atoms with E-state index in [9.17, 15) is 9.90 Å². The first-order valence-electron chi connectivity index (χ1n) is 6.24. The summed E-state index contributed by atoms with van der Waals surface area (Å²) < 4.78 is 1.65. The van der Waals surface area contributed by atoms with Crippen molar-refractivity contribution < 1.29 is 9.90 Å². The molecule has 1 saturated heterocycles. The van der Waals surface area contributed by atoms with Crippen molar-refractivity contribution in [1.29, 1.82) is 0 Å². The van der Waals surface area contributed by atoms with Gasteiger partial charge in [-0.1, -0.05) is 20.8 Å². The summed E-state index contributed by atoms with van der Waals surface area (Å²) in [7, 11) is 1.80.